The Balaban J connectivity index is 1.87. The molecule has 0 spiro atoms. The number of carbonyl (C=O) groups excluding carboxylic acids is 1. The van der Waals surface area contributed by atoms with Crippen LogP contribution in [0.3, 0.4) is 0 Å². The zero-order chi connectivity index (χ0) is 17.5. The quantitative estimate of drug-likeness (QED) is 0.819. The Kier molecular flexibility index (Phi) is 6.01. The van der Waals surface area contributed by atoms with Crippen molar-refractivity contribution in [3.05, 3.63) is 71.3 Å². The lowest BCUT2D eigenvalue weighted by Crippen LogP contribution is -2.31. The lowest BCUT2D eigenvalue weighted by molar-refractivity contribution is -0.138. The van der Waals surface area contributed by atoms with Crippen molar-refractivity contribution in [1.29, 1.82) is 0 Å². The number of carboxylic acid groups (broad SMARTS) is 1. The summed E-state index contributed by atoms with van der Waals surface area (Å²) in [6, 6.07) is 12.1. The molecule has 0 bridgehead atoms. The van der Waals surface area contributed by atoms with Crippen molar-refractivity contribution < 1.29 is 23.5 Å². The van der Waals surface area contributed by atoms with Crippen molar-refractivity contribution in [2.75, 3.05) is 6.54 Å². The van der Waals surface area contributed by atoms with Crippen LogP contribution in [-0.2, 0) is 16.0 Å². The first-order valence-corrected chi connectivity index (χ1v) is 7.45. The number of halogens is 2. The third-order valence-corrected chi connectivity index (χ3v) is 3.63. The number of hydrogen-bond acceptors (Lipinski definition) is 2. The molecule has 4 nitrogen and oxygen atoms in total. The summed E-state index contributed by atoms with van der Waals surface area (Å²) in [6.07, 6.45) is 0.304. The van der Waals surface area contributed by atoms with Gasteiger partial charge >= 0.3 is 5.97 Å². The molecule has 1 atom stereocenters. The molecule has 0 aliphatic carbocycles. The van der Waals surface area contributed by atoms with Crippen molar-refractivity contribution in [3.8, 4) is 0 Å². The topological polar surface area (TPSA) is 66.4 Å². The number of nitrogens with one attached hydrogen (secondary N) is 1. The standard InChI is InChI=1S/C18H17F2NO3/c19-15-8-6-12(10-16(15)20)7-9-17(22)21-11-14(18(23)24)13-4-2-1-3-5-13/h1-6,8,10,14H,7,9,11H2,(H,21,22)(H,23,24)/t14-/m1/s1. The van der Waals surface area contributed by atoms with Gasteiger partial charge in [-0.25, -0.2) is 8.78 Å². The maximum absolute atomic E-state index is 13.1. The van der Waals surface area contributed by atoms with E-state index in [1.165, 1.54) is 6.07 Å². The summed E-state index contributed by atoms with van der Waals surface area (Å²) in [5, 5.41) is 11.8. The van der Waals surface area contributed by atoms with Gasteiger partial charge in [-0.15, -0.1) is 0 Å². The van der Waals surface area contributed by atoms with Crippen LogP contribution in [-0.4, -0.2) is 23.5 Å². The molecule has 2 aromatic carbocycles. The fourth-order valence-electron chi connectivity index (χ4n) is 2.29. The molecule has 0 unspecified atom stereocenters. The van der Waals surface area contributed by atoms with E-state index in [-0.39, 0.29) is 25.3 Å². The SMILES string of the molecule is O=C(CCc1ccc(F)c(F)c1)NC[C@@H](C(=O)O)c1ccccc1. The first-order valence-electron chi connectivity index (χ1n) is 7.45. The van der Waals surface area contributed by atoms with Crippen LogP contribution in [0.2, 0.25) is 0 Å². The lowest BCUT2D eigenvalue weighted by atomic mass is 9.99. The number of amides is 1. The first-order chi connectivity index (χ1) is 11.5. The summed E-state index contributed by atoms with van der Waals surface area (Å²) < 4.78 is 25.9. The van der Waals surface area contributed by atoms with Crippen LogP contribution in [0.1, 0.15) is 23.5 Å². The smallest absolute Gasteiger partial charge is 0.312 e. The molecule has 0 aliphatic heterocycles. The number of aryl methyl sites for hydroxylation is 1. The molecule has 0 fully saturated rings. The van der Waals surface area contributed by atoms with Crippen molar-refractivity contribution >= 4 is 11.9 Å². The minimum absolute atomic E-state index is 0.0318. The van der Waals surface area contributed by atoms with E-state index < -0.39 is 23.5 Å². The van der Waals surface area contributed by atoms with Crippen molar-refractivity contribution in [3.63, 3.8) is 0 Å². The second-order valence-electron chi connectivity index (χ2n) is 5.35. The predicted octanol–water partition coefficient (Wildman–Crippen LogP) is 2.88. The molecular formula is C18H17F2NO3. The van der Waals surface area contributed by atoms with E-state index in [0.717, 1.165) is 12.1 Å². The van der Waals surface area contributed by atoms with Gasteiger partial charge in [-0.1, -0.05) is 36.4 Å². The van der Waals surface area contributed by atoms with Crippen LogP contribution < -0.4 is 5.32 Å². The Labute approximate surface area is 138 Å². The highest BCUT2D eigenvalue weighted by Gasteiger charge is 2.20. The van der Waals surface area contributed by atoms with Crippen molar-refractivity contribution in [2.24, 2.45) is 0 Å². The Morgan fingerprint density at radius 2 is 1.75 bits per heavy atom. The second kappa shape index (κ2) is 8.19. The Morgan fingerprint density at radius 1 is 1.04 bits per heavy atom. The lowest BCUT2D eigenvalue weighted by Gasteiger charge is -2.13. The molecule has 24 heavy (non-hydrogen) atoms. The van der Waals surface area contributed by atoms with Gasteiger partial charge in [-0.05, 0) is 29.7 Å². The third-order valence-electron chi connectivity index (χ3n) is 3.63. The molecule has 2 N–H and O–H groups in total. The largest absolute Gasteiger partial charge is 0.481 e. The Bertz CT molecular complexity index is 719. The van der Waals surface area contributed by atoms with Crippen LogP contribution in [0.4, 0.5) is 8.78 Å². The zero-order valence-corrected chi connectivity index (χ0v) is 12.8. The highest BCUT2D eigenvalue weighted by Crippen LogP contribution is 2.15. The molecule has 0 aromatic heterocycles. The van der Waals surface area contributed by atoms with E-state index in [1.807, 2.05) is 0 Å². The number of carboxylic acids is 1. The summed E-state index contributed by atoms with van der Waals surface area (Å²) in [4.78, 5) is 23.2. The summed E-state index contributed by atoms with van der Waals surface area (Å²) in [5.74, 6) is -4.10. The molecule has 0 radical (unpaired) electrons. The fraction of sp³-hybridized carbons (Fsp3) is 0.222. The Hall–Kier alpha value is -2.76. The predicted molar refractivity (Wildman–Crippen MR) is 84.5 cm³/mol. The number of benzene rings is 2. The van der Waals surface area contributed by atoms with Gasteiger partial charge < -0.3 is 10.4 Å². The van der Waals surface area contributed by atoms with E-state index in [9.17, 15) is 23.5 Å². The van der Waals surface area contributed by atoms with Gasteiger partial charge in [0.05, 0.1) is 5.92 Å². The van der Waals surface area contributed by atoms with Gasteiger partial charge in [-0.2, -0.15) is 0 Å². The normalized spacial score (nSPS) is 11.8. The molecule has 0 heterocycles. The fourth-order valence-corrected chi connectivity index (χ4v) is 2.29. The maximum atomic E-state index is 13.1. The number of aliphatic carboxylic acids is 1. The summed E-state index contributed by atoms with van der Waals surface area (Å²) in [6.45, 7) is -0.0318. The molecule has 1 amide bonds. The van der Waals surface area contributed by atoms with E-state index in [2.05, 4.69) is 5.32 Å². The van der Waals surface area contributed by atoms with Crippen LogP contribution in [0.15, 0.2) is 48.5 Å². The van der Waals surface area contributed by atoms with Gasteiger partial charge in [0.1, 0.15) is 0 Å². The van der Waals surface area contributed by atoms with E-state index >= 15 is 0 Å². The van der Waals surface area contributed by atoms with E-state index in [1.54, 1.807) is 30.3 Å². The minimum Gasteiger partial charge on any atom is -0.481 e. The number of rotatable bonds is 7. The summed E-state index contributed by atoms with van der Waals surface area (Å²) in [5.41, 5.74) is 1.10. The number of hydrogen-bond donors (Lipinski definition) is 2. The number of carbonyl (C=O) groups is 2. The zero-order valence-electron chi connectivity index (χ0n) is 12.8. The van der Waals surface area contributed by atoms with Gasteiger partial charge in [0.25, 0.3) is 0 Å². The molecule has 6 heteroatoms. The van der Waals surface area contributed by atoms with Gasteiger partial charge in [0, 0.05) is 13.0 Å². The molecule has 0 saturated heterocycles. The van der Waals surface area contributed by atoms with Crippen LogP contribution in [0.25, 0.3) is 0 Å². The van der Waals surface area contributed by atoms with Crippen molar-refractivity contribution in [1.82, 2.24) is 5.32 Å². The summed E-state index contributed by atoms with van der Waals surface area (Å²) in [7, 11) is 0. The molecule has 0 aliphatic rings. The second-order valence-corrected chi connectivity index (χ2v) is 5.35. The van der Waals surface area contributed by atoms with Crippen LogP contribution >= 0.6 is 0 Å². The van der Waals surface area contributed by atoms with Crippen molar-refractivity contribution in [2.45, 2.75) is 18.8 Å². The third kappa shape index (κ3) is 4.87. The van der Waals surface area contributed by atoms with Crippen LogP contribution in [0, 0.1) is 11.6 Å². The molecule has 0 saturated carbocycles. The Morgan fingerprint density at radius 3 is 2.38 bits per heavy atom. The van der Waals surface area contributed by atoms with Gasteiger partial charge in [-0.3, -0.25) is 9.59 Å². The van der Waals surface area contributed by atoms with Gasteiger partial charge in [0.15, 0.2) is 11.6 Å². The van der Waals surface area contributed by atoms with E-state index in [4.69, 9.17) is 0 Å². The van der Waals surface area contributed by atoms with Crippen LogP contribution in [0.5, 0.6) is 0 Å². The summed E-state index contributed by atoms with van der Waals surface area (Å²) >= 11 is 0. The first kappa shape index (κ1) is 17.6. The average molecular weight is 333 g/mol. The van der Waals surface area contributed by atoms with E-state index in [0.29, 0.717) is 11.1 Å². The monoisotopic (exact) mass is 333 g/mol. The molecule has 126 valence electrons. The molecule has 2 rings (SSSR count). The average Bonchev–Trinajstić information content (AvgIpc) is 2.57. The minimum atomic E-state index is -1.03. The highest BCUT2D eigenvalue weighted by atomic mass is 19.2. The van der Waals surface area contributed by atoms with Gasteiger partial charge in [0.2, 0.25) is 5.91 Å². The highest BCUT2D eigenvalue weighted by molar-refractivity contribution is 5.79. The maximum Gasteiger partial charge on any atom is 0.312 e. The molecular weight excluding hydrogens is 316 g/mol. The molecule has 2 aromatic rings.